The minimum atomic E-state index is -0.0925. The molecule has 3 aromatic heterocycles. The van der Waals surface area contributed by atoms with Crippen molar-refractivity contribution in [2.75, 3.05) is 0 Å². The van der Waals surface area contributed by atoms with Crippen molar-refractivity contribution in [1.29, 1.82) is 0 Å². The van der Waals surface area contributed by atoms with Crippen LogP contribution < -0.4 is 10.2 Å². The molecule has 8 heteroatoms. The lowest BCUT2D eigenvalue weighted by Crippen LogP contribution is -2.26. The van der Waals surface area contributed by atoms with E-state index in [2.05, 4.69) is 15.4 Å². The fourth-order valence-electron chi connectivity index (χ4n) is 2.68. The molecule has 3 heterocycles. The van der Waals surface area contributed by atoms with E-state index in [-0.39, 0.29) is 17.2 Å². The fraction of sp³-hybridized carbons (Fsp3) is 0.333. The Balaban J connectivity index is 1.54. The van der Waals surface area contributed by atoms with Gasteiger partial charge in [-0.2, -0.15) is 5.10 Å². The van der Waals surface area contributed by atoms with Crippen molar-refractivity contribution in [3.63, 3.8) is 0 Å². The second kappa shape index (κ2) is 7.65. The minimum Gasteiger partial charge on any atom is -0.352 e. The molecular formula is C18H21N5O2S. The van der Waals surface area contributed by atoms with E-state index < -0.39 is 0 Å². The molecule has 0 aliphatic heterocycles. The fourth-order valence-corrected chi connectivity index (χ4v) is 3.45. The van der Waals surface area contributed by atoms with Crippen LogP contribution in [0.25, 0.3) is 5.82 Å². The second-order valence-corrected chi connectivity index (χ2v) is 7.01. The van der Waals surface area contributed by atoms with Gasteiger partial charge in [0, 0.05) is 42.5 Å². The van der Waals surface area contributed by atoms with Crippen molar-refractivity contribution in [2.45, 2.75) is 40.3 Å². The van der Waals surface area contributed by atoms with Crippen LogP contribution >= 0.6 is 11.3 Å². The highest BCUT2D eigenvalue weighted by Crippen LogP contribution is 2.10. The maximum atomic E-state index is 12.0. The number of hydrogen-bond acceptors (Lipinski definition) is 5. The number of thiazole rings is 1. The topological polar surface area (TPSA) is 81.8 Å². The van der Waals surface area contributed by atoms with Gasteiger partial charge in [-0.15, -0.1) is 0 Å². The Kier molecular flexibility index (Phi) is 5.32. The van der Waals surface area contributed by atoms with Gasteiger partial charge in [0.15, 0.2) is 5.82 Å². The Bertz CT molecular complexity index is 968. The SMILES string of the molecule is Cc1cc(C)n(-c2ccc(CNC(=O)CCn3c(C)csc3=O)cn2)n1. The Morgan fingerprint density at radius 1 is 1.23 bits per heavy atom. The highest BCUT2D eigenvalue weighted by Gasteiger charge is 2.08. The van der Waals surface area contributed by atoms with Crippen LogP contribution in [0.4, 0.5) is 0 Å². The number of amides is 1. The Labute approximate surface area is 155 Å². The molecule has 0 spiro atoms. The summed E-state index contributed by atoms with van der Waals surface area (Å²) in [6, 6.07) is 5.80. The van der Waals surface area contributed by atoms with Gasteiger partial charge < -0.3 is 9.88 Å². The van der Waals surface area contributed by atoms with Crippen LogP contribution in [0.5, 0.6) is 0 Å². The average Bonchev–Trinajstić information content (AvgIpc) is 3.12. The molecule has 136 valence electrons. The molecule has 3 aromatic rings. The van der Waals surface area contributed by atoms with E-state index in [4.69, 9.17) is 0 Å². The van der Waals surface area contributed by atoms with E-state index in [9.17, 15) is 9.59 Å². The van der Waals surface area contributed by atoms with Gasteiger partial charge in [0.25, 0.3) is 0 Å². The first kappa shape index (κ1) is 18.1. The number of hydrogen-bond donors (Lipinski definition) is 1. The van der Waals surface area contributed by atoms with E-state index in [1.807, 2.05) is 39.0 Å². The third-order valence-electron chi connectivity index (χ3n) is 4.06. The second-order valence-electron chi connectivity index (χ2n) is 6.18. The normalized spacial score (nSPS) is 10.9. The molecule has 0 atom stereocenters. The molecule has 0 aromatic carbocycles. The lowest BCUT2D eigenvalue weighted by atomic mass is 10.2. The van der Waals surface area contributed by atoms with Crippen molar-refractivity contribution in [2.24, 2.45) is 0 Å². The highest BCUT2D eigenvalue weighted by molar-refractivity contribution is 7.07. The monoisotopic (exact) mass is 371 g/mol. The Hall–Kier alpha value is -2.74. The molecule has 0 fully saturated rings. The van der Waals surface area contributed by atoms with Gasteiger partial charge in [-0.1, -0.05) is 17.4 Å². The van der Waals surface area contributed by atoms with E-state index in [1.165, 1.54) is 0 Å². The van der Waals surface area contributed by atoms with Crippen molar-refractivity contribution >= 4 is 17.2 Å². The minimum absolute atomic E-state index is 0.0285. The number of nitrogens with zero attached hydrogens (tertiary/aromatic N) is 4. The van der Waals surface area contributed by atoms with Crippen LogP contribution in [0.15, 0.2) is 34.6 Å². The van der Waals surface area contributed by atoms with Crippen LogP contribution in [0, 0.1) is 20.8 Å². The van der Waals surface area contributed by atoms with Gasteiger partial charge in [0.05, 0.1) is 5.69 Å². The van der Waals surface area contributed by atoms with E-state index >= 15 is 0 Å². The zero-order valence-electron chi connectivity index (χ0n) is 15.0. The molecule has 0 aliphatic carbocycles. The first-order chi connectivity index (χ1) is 12.4. The first-order valence-corrected chi connectivity index (χ1v) is 9.22. The Morgan fingerprint density at radius 2 is 2.04 bits per heavy atom. The molecule has 0 bridgehead atoms. The lowest BCUT2D eigenvalue weighted by molar-refractivity contribution is -0.121. The zero-order valence-corrected chi connectivity index (χ0v) is 15.8. The zero-order chi connectivity index (χ0) is 18.7. The summed E-state index contributed by atoms with van der Waals surface area (Å²) >= 11 is 1.16. The van der Waals surface area contributed by atoms with E-state index in [0.29, 0.717) is 13.1 Å². The predicted octanol–water partition coefficient (Wildman–Crippen LogP) is 2.12. The van der Waals surface area contributed by atoms with Crippen molar-refractivity contribution in [3.05, 3.63) is 62.1 Å². The number of rotatable bonds is 6. The summed E-state index contributed by atoms with van der Waals surface area (Å²) in [5.74, 6) is 0.656. The first-order valence-electron chi connectivity index (χ1n) is 8.34. The van der Waals surface area contributed by atoms with E-state index in [1.54, 1.807) is 20.8 Å². The summed E-state index contributed by atoms with van der Waals surface area (Å²) in [6.45, 7) is 6.59. The van der Waals surface area contributed by atoms with Crippen LogP contribution in [0.3, 0.4) is 0 Å². The molecule has 26 heavy (non-hydrogen) atoms. The molecule has 0 saturated heterocycles. The maximum absolute atomic E-state index is 12.0. The average molecular weight is 371 g/mol. The van der Waals surface area contributed by atoms with Crippen LogP contribution in [0.2, 0.25) is 0 Å². The maximum Gasteiger partial charge on any atom is 0.307 e. The van der Waals surface area contributed by atoms with Crippen molar-refractivity contribution in [1.82, 2.24) is 24.6 Å². The molecule has 3 rings (SSSR count). The van der Waals surface area contributed by atoms with Crippen LogP contribution in [-0.4, -0.2) is 25.2 Å². The third kappa shape index (κ3) is 4.08. The van der Waals surface area contributed by atoms with Crippen molar-refractivity contribution in [3.8, 4) is 5.82 Å². The standard InChI is InChI=1S/C18H21N5O2S/c1-12-8-13(2)23(21-12)16-5-4-15(9-19-16)10-20-17(24)6-7-22-14(3)11-26-18(22)25/h4-5,8-9,11H,6-7,10H2,1-3H3,(H,20,24). The molecule has 0 saturated carbocycles. The summed E-state index contributed by atoms with van der Waals surface area (Å²) < 4.78 is 3.41. The Morgan fingerprint density at radius 3 is 2.62 bits per heavy atom. The number of aryl methyl sites for hydroxylation is 3. The summed E-state index contributed by atoms with van der Waals surface area (Å²) in [7, 11) is 0. The largest absolute Gasteiger partial charge is 0.352 e. The van der Waals surface area contributed by atoms with Gasteiger partial charge in [0.2, 0.25) is 5.91 Å². The quantitative estimate of drug-likeness (QED) is 0.720. The lowest BCUT2D eigenvalue weighted by Gasteiger charge is -2.08. The molecule has 7 nitrogen and oxygen atoms in total. The molecule has 0 radical (unpaired) electrons. The molecule has 1 amide bonds. The smallest absolute Gasteiger partial charge is 0.307 e. The van der Waals surface area contributed by atoms with Gasteiger partial charge in [-0.3, -0.25) is 9.59 Å². The molecule has 0 aliphatic rings. The molecular weight excluding hydrogens is 350 g/mol. The third-order valence-corrected chi connectivity index (χ3v) is 4.95. The molecule has 0 unspecified atom stereocenters. The number of aromatic nitrogens is 4. The van der Waals surface area contributed by atoms with Crippen LogP contribution in [0.1, 0.15) is 29.1 Å². The van der Waals surface area contributed by atoms with Gasteiger partial charge in [-0.05, 0) is 38.5 Å². The van der Waals surface area contributed by atoms with Gasteiger partial charge in [0.1, 0.15) is 0 Å². The predicted molar refractivity (Wildman–Crippen MR) is 101 cm³/mol. The summed E-state index contributed by atoms with van der Waals surface area (Å²) in [5.41, 5.74) is 3.76. The molecule has 1 N–H and O–H groups in total. The highest BCUT2D eigenvalue weighted by atomic mass is 32.1. The number of carbonyl (C=O) groups is 1. The van der Waals surface area contributed by atoms with Gasteiger partial charge >= 0.3 is 4.87 Å². The van der Waals surface area contributed by atoms with Gasteiger partial charge in [-0.25, -0.2) is 9.67 Å². The number of carbonyl (C=O) groups excluding carboxylic acids is 1. The summed E-state index contributed by atoms with van der Waals surface area (Å²) in [4.78, 5) is 28.0. The number of nitrogens with one attached hydrogen (secondary N) is 1. The summed E-state index contributed by atoms with van der Waals surface area (Å²) in [6.07, 6.45) is 2.01. The summed E-state index contributed by atoms with van der Waals surface area (Å²) in [5, 5.41) is 9.07. The number of pyridine rings is 1. The van der Waals surface area contributed by atoms with E-state index in [0.717, 1.165) is 39.8 Å². The van der Waals surface area contributed by atoms with Crippen LogP contribution in [-0.2, 0) is 17.9 Å². The van der Waals surface area contributed by atoms with Crippen molar-refractivity contribution < 1.29 is 4.79 Å².